The highest BCUT2D eigenvalue weighted by molar-refractivity contribution is 5.97. The number of nitrogens with one attached hydrogen (secondary N) is 1. The number of para-hydroxylation sites is 1. The largest absolute Gasteiger partial charge is 0.462 e. The number of benzene rings is 2. The third-order valence-electron chi connectivity index (χ3n) is 4.83. The van der Waals surface area contributed by atoms with Crippen LogP contribution in [0.25, 0.3) is 0 Å². The molecule has 0 saturated carbocycles. The number of ketones is 1. The van der Waals surface area contributed by atoms with Gasteiger partial charge in [-0.05, 0) is 38.1 Å². The van der Waals surface area contributed by atoms with E-state index in [2.05, 4.69) is 10.2 Å². The Morgan fingerprint density at radius 1 is 1.00 bits per heavy atom. The van der Waals surface area contributed by atoms with Crippen LogP contribution in [0.15, 0.2) is 48.5 Å². The number of ether oxygens (including phenoxy) is 1. The van der Waals surface area contributed by atoms with Gasteiger partial charge in [-0.2, -0.15) is 0 Å². The molecule has 1 fully saturated rings. The van der Waals surface area contributed by atoms with Gasteiger partial charge in [0.05, 0.1) is 17.9 Å². The number of Topliss-reactive ketones (excluding diaryl/α,β-unsaturated/α-hetero) is 1. The summed E-state index contributed by atoms with van der Waals surface area (Å²) in [5.41, 5.74) is 2.51. The monoisotopic (exact) mass is 395 g/mol. The van der Waals surface area contributed by atoms with Gasteiger partial charge in [0.2, 0.25) is 0 Å². The molecule has 29 heavy (non-hydrogen) atoms. The molecule has 0 aromatic heterocycles. The minimum Gasteiger partial charge on any atom is -0.462 e. The molecule has 0 bridgehead atoms. The highest BCUT2D eigenvalue weighted by atomic mass is 16.5. The first kappa shape index (κ1) is 20.4. The number of urea groups is 1. The lowest BCUT2D eigenvalue weighted by Gasteiger charge is -2.36. The molecule has 1 N–H and O–H groups in total. The fourth-order valence-electron chi connectivity index (χ4n) is 3.30. The number of carbonyl (C=O) groups excluding carboxylic acids is 3. The SMILES string of the molecule is CCOC(=O)c1ccccc1N1CCN(C(=O)Nc2cccc(C(C)=O)c2)CC1. The molecule has 0 unspecified atom stereocenters. The summed E-state index contributed by atoms with van der Waals surface area (Å²) in [5.74, 6) is -0.386. The highest BCUT2D eigenvalue weighted by Gasteiger charge is 2.24. The van der Waals surface area contributed by atoms with Gasteiger partial charge in [-0.25, -0.2) is 9.59 Å². The Kier molecular flexibility index (Phi) is 6.49. The van der Waals surface area contributed by atoms with Gasteiger partial charge in [-0.3, -0.25) is 4.79 Å². The Hall–Kier alpha value is -3.35. The number of anilines is 2. The Balaban J connectivity index is 1.62. The zero-order valence-corrected chi connectivity index (χ0v) is 16.7. The average Bonchev–Trinajstić information content (AvgIpc) is 2.74. The van der Waals surface area contributed by atoms with E-state index < -0.39 is 0 Å². The van der Waals surface area contributed by atoms with E-state index in [4.69, 9.17) is 4.74 Å². The van der Waals surface area contributed by atoms with E-state index in [1.165, 1.54) is 6.92 Å². The van der Waals surface area contributed by atoms with E-state index in [1.807, 2.05) is 18.2 Å². The van der Waals surface area contributed by atoms with E-state index >= 15 is 0 Å². The molecule has 1 aliphatic rings. The zero-order chi connectivity index (χ0) is 20.8. The average molecular weight is 395 g/mol. The first-order valence-corrected chi connectivity index (χ1v) is 9.67. The highest BCUT2D eigenvalue weighted by Crippen LogP contribution is 2.23. The molecule has 0 radical (unpaired) electrons. The Bertz CT molecular complexity index is 904. The van der Waals surface area contributed by atoms with Gasteiger partial charge in [-0.15, -0.1) is 0 Å². The van der Waals surface area contributed by atoms with Crippen molar-refractivity contribution in [1.82, 2.24) is 4.90 Å². The van der Waals surface area contributed by atoms with Crippen LogP contribution < -0.4 is 10.2 Å². The molecule has 2 aromatic rings. The molecule has 1 aliphatic heterocycles. The van der Waals surface area contributed by atoms with E-state index in [1.54, 1.807) is 42.2 Å². The van der Waals surface area contributed by atoms with Crippen LogP contribution in [-0.4, -0.2) is 55.5 Å². The lowest BCUT2D eigenvalue weighted by Crippen LogP contribution is -2.50. The van der Waals surface area contributed by atoms with Crippen LogP contribution in [-0.2, 0) is 4.74 Å². The fourth-order valence-corrected chi connectivity index (χ4v) is 3.30. The fraction of sp³-hybridized carbons (Fsp3) is 0.318. The first-order valence-electron chi connectivity index (χ1n) is 9.67. The predicted octanol–water partition coefficient (Wildman–Crippen LogP) is 3.42. The van der Waals surface area contributed by atoms with Crippen molar-refractivity contribution in [2.45, 2.75) is 13.8 Å². The Morgan fingerprint density at radius 2 is 1.72 bits per heavy atom. The molecule has 1 saturated heterocycles. The van der Waals surface area contributed by atoms with Gasteiger partial charge in [0.25, 0.3) is 0 Å². The molecule has 0 aliphatic carbocycles. The second-order valence-electron chi connectivity index (χ2n) is 6.78. The van der Waals surface area contributed by atoms with Crippen LogP contribution in [0.1, 0.15) is 34.6 Å². The number of amides is 2. The van der Waals surface area contributed by atoms with Crippen LogP contribution in [0.2, 0.25) is 0 Å². The predicted molar refractivity (Wildman–Crippen MR) is 112 cm³/mol. The third-order valence-corrected chi connectivity index (χ3v) is 4.83. The lowest BCUT2D eigenvalue weighted by molar-refractivity contribution is 0.0526. The minimum absolute atomic E-state index is 0.0463. The quantitative estimate of drug-likeness (QED) is 0.620. The summed E-state index contributed by atoms with van der Waals surface area (Å²) in [4.78, 5) is 40.1. The molecule has 152 valence electrons. The van der Waals surface area contributed by atoms with Crippen molar-refractivity contribution in [3.05, 3.63) is 59.7 Å². The number of hydrogen-bond donors (Lipinski definition) is 1. The second-order valence-corrected chi connectivity index (χ2v) is 6.78. The molecule has 3 rings (SSSR count). The van der Waals surface area contributed by atoms with Crippen molar-refractivity contribution in [2.24, 2.45) is 0 Å². The Morgan fingerprint density at radius 3 is 2.41 bits per heavy atom. The van der Waals surface area contributed by atoms with Crippen molar-refractivity contribution in [3.63, 3.8) is 0 Å². The van der Waals surface area contributed by atoms with Crippen LogP contribution in [0.5, 0.6) is 0 Å². The second kappa shape index (κ2) is 9.23. The van der Waals surface area contributed by atoms with Gasteiger partial charge >= 0.3 is 12.0 Å². The van der Waals surface area contributed by atoms with E-state index in [9.17, 15) is 14.4 Å². The maximum absolute atomic E-state index is 12.6. The van der Waals surface area contributed by atoms with Crippen molar-refractivity contribution in [1.29, 1.82) is 0 Å². The van der Waals surface area contributed by atoms with Crippen LogP contribution in [0.4, 0.5) is 16.2 Å². The molecule has 1 heterocycles. The number of rotatable bonds is 5. The van der Waals surface area contributed by atoms with Crippen LogP contribution in [0.3, 0.4) is 0 Å². The normalized spacial score (nSPS) is 13.7. The van der Waals surface area contributed by atoms with Crippen LogP contribution >= 0.6 is 0 Å². The standard InChI is InChI=1S/C22H25N3O4/c1-3-29-21(27)19-9-4-5-10-20(19)24-11-13-25(14-12-24)22(28)23-18-8-6-7-17(15-18)16(2)26/h4-10,15H,3,11-14H2,1-2H3,(H,23,28). The maximum Gasteiger partial charge on any atom is 0.340 e. The van der Waals surface area contributed by atoms with Crippen molar-refractivity contribution >= 4 is 29.2 Å². The molecular weight excluding hydrogens is 370 g/mol. The minimum atomic E-state index is -0.339. The van der Waals surface area contributed by atoms with Gasteiger partial charge in [0.15, 0.2) is 5.78 Å². The molecular formula is C22H25N3O4. The smallest absolute Gasteiger partial charge is 0.340 e. The lowest BCUT2D eigenvalue weighted by atomic mass is 10.1. The summed E-state index contributed by atoms with van der Waals surface area (Å²) >= 11 is 0. The summed E-state index contributed by atoms with van der Waals surface area (Å²) in [6.07, 6.45) is 0. The molecule has 0 spiro atoms. The molecule has 7 nitrogen and oxygen atoms in total. The maximum atomic E-state index is 12.6. The van der Waals surface area contributed by atoms with Crippen molar-refractivity contribution in [3.8, 4) is 0 Å². The van der Waals surface area contributed by atoms with E-state index in [0.717, 1.165) is 5.69 Å². The number of nitrogens with zero attached hydrogens (tertiary/aromatic N) is 2. The molecule has 2 amide bonds. The topological polar surface area (TPSA) is 79.0 Å². The summed E-state index contributed by atoms with van der Waals surface area (Å²) in [5, 5.41) is 2.85. The van der Waals surface area contributed by atoms with Gasteiger partial charge in [0.1, 0.15) is 0 Å². The van der Waals surface area contributed by atoms with Crippen molar-refractivity contribution < 1.29 is 19.1 Å². The van der Waals surface area contributed by atoms with Crippen molar-refractivity contribution in [2.75, 3.05) is 43.0 Å². The molecule has 0 atom stereocenters. The van der Waals surface area contributed by atoms with Gasteiger partial charge in [0, 0.05) is 37.4 Å². The molecule has 7 heteroatoms. The number of carbonyl (C=O) groups is 3. The number of esters is 1. The third kappa shape index (κ3) is 4.93. The number of hydrogen-bond acceptors (Lipinski definition) is 5. The first-order chi connectivity index (χ1) is 14.0. The van der Waals surface area contributed by atoms with Gasteiger partial charge in [-0.1, -0.05) is 24.3 Å². The number of piperazine rings is 1. The molecule has 2 aromatic carbocycles. The van der Waals surface area contributed by atoms with E-state index in [-0.39, 0.29) is 17.8 Å². The van der Waals surface area contributed by atoms with Gasteiger partial charge < -0.3 is 19.9 Å². The van der Waals surface area contributed by atoms with Crippen LogP contribution in [0, 0.1) is 0 Å². The Labute approximate surface area is 170 Å². The zero-order valence-electron chi connectivity index (χ0n) is 16.7. The summed E-state index contributed by atoms with van der Waals surface area (Å²) < 4.78 is 5.15. The van der Waals surface area contributed by atoms with E-state index in [0.29, 0.717) is 49.6 Å². The summed E-state index contributed by atoms with van der Waals surface area (Å²) in [6.45, 7) is 5.86. The summed E-state index contributed by atoms with van der Waals surface area (Å²) in [7, 11) is 0. The summed E-state index contributed by atoms with van der Waals surface area (Å²) in [6, 6.07) is 14.1.